The molecule has 1 heterocycles. The summed E-state index contributed by atoms with van der Waals surface area (Å²) in [6, 6.07) is 0. The van der Waals surface area contributed by atoms with E-state index in [1.807, 2.05) is 6.20 Å². The first kappa shape index (κ1) is 16.2. The zero-order valence-corrected chi connectivity index (χ0v) is 14.1. The number of ether oxygens (including phenoxy) is 1. The number of nitrogens with zero attached hydrogens (tertiary/aromatic N) is 2. The van der Waals surface area contributed by atoms with Crippen LogP contribution >= 0.6 is 0 Å². The molecule has 0 atom stereocenters. The minimum atomic E-state index is 0.0637. The molecule has 118 valence electrons. The summed E-state index contributed by atoms with van der Waals surface area (Å²) in [6.07, 6.45) is 5.72. The van der Waals surface area contributed by atoms with Gasteiger partial charge in [-0.1, -0.05) is 26.7 Å². The van der Waals surface area contributed by atoms with Crippen molar-refractivity contribution in [1.82, 2.24) is 15.3 Å². The molecule has 0 saturated heterocycles. The van der Waals surface area contributed by atoms with Gasteiger partial charge in [0.15, 0.2) is 5.75 Å². The number of aromatic nitrogens is 2. The minimum Gasteiger partial charge on any atom is -0.490 e. The highest BCUT2D eigenvalue weighted by Crippen LogP contribution is 2.32. The third-order valence-electron chi connectivity index (χ3n) is 3.63. The minimum absolute atomic E-state index is 0.0637. The van der Waals surface area contributed by atoms with Gasteiger partial charge in [-0.2, -0.15) is 0 Å². The Morgan fingerprint density at radius 1 is 1.33 bits per heavy atom. The van der Waals surface area contributed by atoms with Crippen molar-refractivity contribution in [3.63, 3.8) is 0 Å². The average Bonchev–Trinajstić information content (AvgIpc) is 3.20. The van der Waals surface area contributed by atoms with Crippen molar-refractivity contribution in [1.29, 1.82) is 0 Å². The van der Waals surface area contributed by atoms with Gasteiger partial charge < -0.3 is 10.1 Å². The predicted molar refractivity (Wildman–Crippen MR) is 85.5 cm³/mol. The van der Waals surface area contributed by atoms with E-state index in [4.69, 9.17) is 9.72 Å². The van der Waals surface area contributed by atoms with E-state index in [0.717, 1.165) is 36.2 Å². The number of hydrogen-bond acceptors (Lipinski definition) is 4. The van der Waals surface area contributed by atoms with Crippen molar-refractivity contribution in [2.75, 3.05) is 6.61 Å². The quantitative estimate of drug-likeness (QED) is 0.832. The lowest BCUT2D eigenvalue weighted by atomic mass is 10.1. The normalized spacial score (nSPS) is 15.5. The maximum atomic E-state index is 5.92. The fraction of sp³-hybridized carbons (Fsp3) is 0.765. The fourth-order valence-electron chi connectivity index (χ4n) is 2.04. The van der Waals surface area contributed by atoms with Crippen LogP contribution in [0.2, 0.25) is 0 Å². The lowest BCUT2D eigenvalue weighted by Gasteiger charge is -2.21. The number of nitrogens with one attached hydrogen (secondary N) is 1. The van der Waals surface area contributed by atoms with E-state index >= 15 is 0 Å². The molecule has 1 saturated carbocycles. The van der Waals surface area contributed by atoms with Crippen molar-refractivity contribution in [3.8, 4) is 5.75 Å². The molecule has 0 aromatic carbocycles. The zero-order valence-electron chi connectivity index (χ0n) is 14.1. The van der Waals surface area contributed by atoms with Crippen molar-refractivity contribution in [2.24, 2.45) is 5.92 Å². The molecule has 2 rings (SSSR count). The second-order valence-corrected chi connectivity index (χ2v) is 7.38. The Balaban J connectivity index is 2.04. The summed E-state index contributed by atoms with van der Waals surface area (Å²) in [7, 11) is 0. The summed E-state index contributed by atoms with van der Waals surface area (Å²) in [5.74, 6) is 2.93. The monoisotopic (exact) mass is 291 g/mol. The predicted octanol–water partition coefficient (Wildman–Crippen LogP) is 3.67. The van der Waals surface area contributed by atoms with Crippen molar-refractivity contribution >= 4 is 0 Å². The smallest absolute Gasteiger partial charge is 0.160 e. The van der Waals surface area contributed by atoms with Crippen molar-refractivity contribution in [2.45, 2.75) is 71.9 Å². The third kappa shape index (κ3) is 5.62. The summed E-state index contributed by atoms with van der Waals surface area (Å²) < 4.78 is 5.92. The van der Waals surface area contributed by atoms with Crippen molar-refractivity contribution < 1.29 is 4.74 Å². The summed E-state index contributed by atoms with van der Waals surface area (Å²) in [4.78, 5) is 9.12. The van der Waals surface area contributed by atoms with Crippen LogP contribution < -0.4 is 10.1 Å². The third-order valence-corrected chi connectivity index (χ3v) is 3.63. The largest absolute Gasteiger partial charge is 0.490 e. The first-order chi connectivity index (χ1) is 9.85. The van der Waals surface area contributed by atoms with Crippen LogP contribution in [0.15, 0.2) is 6.20 Å². The lowest BCUT2D eigenvalue weighted by molar-refractivity contribution is 0.293. The Kier molecular flexibility index (Phi) is 5.20. The molecular weight excluding hydrogens is 262 g/mol. The molecule has 0 bridgehead atoms. The number of rotatable bonds is 7. The molecule has 4 nitrogen and oxygen atoms in total. The van der Waals surface area contributed by atoms with Gasteiger partial charge in [0.25, 0.3) is 0 Å². The van der Waals surface area contributed by atoms with E-state index in [2.05, 4.69) is 44.9 Å². The molecule has 1 aromatic rings. The molecule has 1 aliphatic rings. The van der Waals surface area contributed by atoms with Crippen LogP contribution in [-0.4, -0.2) is 22.1 Å². The average molecular weight is 291 g/mol. The molecule has 0 spiro atoms. The van der Waals surface area contributed by atoms with E-state index in [1.165, 1.54) is 12.8 Å². The molecule has 4 heteroatoms. The SMILES string of the molecule is CC(C)c1ncc(OCCC2CC2)c(CNC(C)(C)C)n1. The first-order valence-corrected chi connectivity index (χ1v) is 8.09. The molecular formula is C17H29N3O. The van der Waals surface area contributed by atoms with Gasteiger partial charge in [0.1, 0.15) is 5.82 Å². The first-order valence-electron chi connectivity index (χ1n) is 8.09. The van der Waals surface area contributed by atoms with Crippen LogP contribution in [-0.2, 0) is 6.54 Å². The molecule has 0 radical (unpaired) electrons. The van der Waals surface area contributed by atoms with E-state index in [-0.39, 0.29) is 5.54 Å². The molecule has 21 heavy (non-hydrogen) atoms. The van der Waals surface area contributed by atoms with Crippen LogP contribution in [0.4, 0.5) is 0 Å². The van der Waals surface area contributed by atoms with Crippen LogP contribution in [0.25, 0.3) is 0 Å². The van der Waals surface area contributed by atoms with Gasteiger partial charge in [-0.25, -0.2) is 9.97 Å². The Labute approximate surface area is 128 Å². The van der Waals surface area contributed by atoms with Gasteiger partial charge >= 0.3 is 0 Å². The van der Waals surface area contributed by atoms with Crippen LogP contribution in [0.5, 0.6) is 5.75 Å². The van der Waals surface area contributed by atoms with E-state index in [0.29, 0.717) is 12.5 Å². The van der Waals surface area contributed by atoms with E-state index in [9.17, 15) is 0 Å². The Hall–Kier alpha value is -1.16. The Morgan fingerprint density at radius 2 is 2.05 bits per heavy atom. The standard InChI is InChI=1S/C17H29N3O/c1-12(2)16-18-11-15(21-9-8-13-6-7-13)14(20-16)10-19-17(3,4)5/h11-13,19H,6-10H2,1-5H3. The van der Waals surface area contributed by atoms with E-state index in [1.54, 1.807) is 0 Å². The molecule has 1 fully saturated rings. The number of hydrogen-bond donors (Lipinski definition) is 1. The highest BCUT2D eigenvalue weighted by atomic mass is 16.5. The summed E-state index contributed by atoms with van der Waals surface area (Å²) in [5.41, 5.74) is 1.04. The van der Waals surface area contributed by atoms with Gasteiger partial charge in [0, 0.05) is 18.0 Å². The maximum Gasteiger partial charge on any atom is 0.160 e. The van der Waals surface area contributed by atoms with E-state index < -0.39 is 0 Å². The van der Waals surface area contributed by atoms with Gasteiger partial charge in [-0.15, -0.1) is 0 Å². The molecule has 0 amide bonds. The second kappa shape index (κ2) is 6.73. The molecule has 0 unspecified atom stereocenters. The molecule has 1 N–H and O–H groups in total. The fourth-order valence-corrected chi connectivity index (χ4v) is 2.04. The lowest BCUT2D eigenvalue weighted by Crippen LogP contribution is -2.35. The summed E-state index contributed by atoms with van der Waals surface area (Å²) in [5, 5.41) is 3.49. The molecule has 1 aromatic heterocycles. The van der Waals surface area contributed by atoms with Gasteiger partial charge in [-0.05, 0) is 33.1 Å². The van der Waals surface area contributed by atoms with Gasteiger partial charge in [0.05, 0.1) is 18.5 Å². The highest BCUT2D eigenvalue weighted by molar-refractivity contribution is 5.25. The van der Waals surface area contributed by atoms with Gasteiger partial charge in [0.2, 0.25) is 0 Å². The van der Waals surface area contributed by atoms with Crippen LogP contribution in [0.3, 0.4) is 0 Å². The highest BCUT2D eigenvalue weighted by Gasteiger charge is 2.21. The van der Waals surface area contributed by atoms with Gasteiger partial charge in [-0.3, -0.25) is 0 Å². The Morgan fingerprint density at radius 3 is 2.62 bits per heavy atom. The van der Waals surface area contributed by atoms with Crippen molar-refractivity contribution in [3.05, 3.63) is 17.7 Å². The molecule has 0 aliphatic heterocycles. The van der Waals surface area contributed by atoms with Crippen LogP contribution in [0.1, 0.15) is 71.3 Å². The summed E-state index contributed by atoms with van der Waals surface area (Å²) in [6.45, 7) is 12.2. The topological polar surface area (TPSA) is 47.0 Å². The zero-order chi connectivity index (χ0) is 15.5. The maximum absolute atomic E-state index is 5.92. The second-order valence-electron chi connectivity index (χ2n) is 7.38. The van der Waals surface area contributed by atoms with Crippen LogP contribution in [0, 0.1) is 5.92 Å². The summed E-state index contributed by atoms with van der Waals surface area (Å²) >= 11 is 0. The molecule has 1 aliphatic carbocycles. The Bertz CT molecular complexity index is 462.